The molecule has 0 amide bonds. The number of hydrogen-bond donors (Lipinski definition) is 0. The van der Waals surface area contributed by atoms with Gasteiger partial charge in [0.1, 0.15) is 11.2 Å². The lowest BCUT2D eigenvalue weighted by molar-refractivity contribution is 0.669. The zero-order valence-corrected chi connectivity index (χ0v) is 29.2. The molecule has 0 atom stereocenters. The number of furan rings is 1. The first kappa shape index (κ1) is 30.8. The van der Waals surface area contributed by atoms with Gasteiger partial charge in [-0.2, -0.15) is 0 Å². The van der Waals surface area contributed by atoms with E-state index in [2.05, 4.69) is 183 Å². The highest BCUT2D eigenvalue weighted by Gasteiger charge is 2.20. The molecule has 0 unspecified atom stereocenters. The molecule has 0 N–H and O–H groups in total. The van der Waals surface area contributed by atoms with Gasteiger partial charge in [-0.1, -0.05) is 152 Å². The molecule has 2 nitrogen and oxygen atoms in total. The minimum atomic E-state index is 0.832. The van der Waals surface area contributed by atoms with Crippen LogP contribution in [0.3, 0.4) is 0 Å². The molecule has 0 spiro atoms. The summed E-state index contributed by atoms with van der Waals surface area (Å²) in [6, 6.07) is 62.3. The van der Waals surface area contributed by atoms with Crippen molar-refractivity contribution in [3.05, 3.63) is 210 Å². The largest absolute Gasteiger partial charge is 0.456 e. The van der Waals surface area contributed by atoms with E-state index < -0.39 is 0 Å². The fraction of sp³-hybridized carbons (Fsp3) is 0.0196. The first-order chi connectivity index (χ1) is 26.2. The quantitative estimate of drug-likeness (QED) is 0.167. The van der Waals surface area contributed by atoms with Crippen LogP contribution in [0.4, 0.5) is 0 Å². The van der Waals surface area contributed by atoms with Crippen molar-refractivity contribution in [3.63, 3.8) is 0 Å². The van der Waals surface area contributed by atoms with E-state index >= 15 is 0 Å². The maximum Gasteiger partial charge on any atom is 0.136 e. The van der Waals surface area contributed by atoms with Gasteiger partial charge in [-0.05, 0) is 86.6 Å². The number of allylic oxidation sites excluding steroid dienone is 2. The lowest BCUT2D eigenvalue weighted by atomic mass is 9.92. The lowest BCUT2D eigenvalue weighted by Crippen LogP contribution is -2.02. The zero-order chi connectivity index (χ0) is 35.3. The number of rotatable bonds is 5. The Morgan fingerprint density at radius 2 is 1.09 bits per heavy atom. The molecule has 53 heavy (non-hydrogen) atoms. The Kier molecular flexibility index (Phi) is 7.35. The lowest BCUT2D eigenvalue weighted by Gasteiger charge is -2.12. The Hall–Kier alpha value is -6.99. The monoisotopic (exact) mass is 675 g/mol. The Bertz CT molecular complexity index is 3010. The minimum Gasteiger partial charge on any atom is -0.456 e. The van der Waals surface area contributed by atoms with Crippen molar-refractivity contribution in [3.8, 4) is 22.3 Å². The van der Waals surface area contributed by atoms with Crippen LogP contribution in [0, 0.1) is 0 Å². The van der Waals surface area contributed by atoms with Gasteiger partial charge in [0.25, 0.3) is 0 Å². The molecule has 0 fully saturated rings. The molecule has 8 aromatic carbocycles. The van der Waals surface area contributed by atoms with Crippen molar-refractivity contribution in [2.75, 3.05) is 0 Å². The van der Waals surface area contributed by atoms with Crippen LogP contribution < -0.4 is 0 Å². The van der Waals surface area contributed by atoms with Crippen molar-refractivity contribution in [1.82, 2.24) is 0 Å². The van der Waals surface area contributed by atoms with E-state index in [1.54, 1.807) is 0 Å². The second kappa shape index (κ2) is 12.7. The van der Waals surface area contributed by atoms with Crippen LogP contribution in [-0.4, -0.2) is 5.71 Å². The number of aliphatic imine (C=N–C) groups is 1. The van der Waals surface area contributed by atoms with Gasteiger partial charge in [0.2, 0.25) is 0 Å². The first-order valence-corrected chi connectivity index (χ1v) is 18.0. The van der Waals surface area contributed by atoms with Gasteiger partial charge in [0, 0.05) is 33.0 Å². The molecular formula is C51H33NO. The molecule has 0 aliphatic carbocycles. The summed E-state index contributed by atoms with van der Waals surface area (Å²) < 4.78 is 6.76. The predicted molar refractivity (Wildman–Crippen MR) is 223 cm³/mol. The summed E-state index contributed by atoms with van der Waals surface area (Å²) in [6.45, 7) is 2.10. The van der Waals surface area contributed by atoms with E-state index in [1.807, 2.05) is 12.1 Å². The maximum atomic E-state index is 6.76. The third kappa shape index (κ3) is 5.50. The Balaban J connectivity index is 1.21. The summed E-state index contributed by atoms with van der Waals surface area (Å²) in [5, 5.41) is 7.08. The third-order valence-electron chi connectivity index (χ3n) is 10.4. The summed E-state index contributed by atoms with van der Waals surface area (Å²) in [6.07, 6.45) is 2.17. The van der Waals surface area contributed by atoms with E-state index in [9.17, 15) is 0 Å². The SMILES string of the molecule is CC1=C=C(c2ccccc2)C=C(c2cc(-c3ccc(-c4ccc5ccccc5c4)cc3)c3c(c2)oc2ccc4ccccc4c23)N=C1c1ccccc1. The van der Waals surface area contributed by atoms with E-state index in [1.165, 1.54) is 32.7 Å². The van der Waals surface area contributed by atoms with Gasteiger partial charge in [-0.15, -0.1) is 5.73 Å². The van der Waals surface area contributed by atoms with E-state index in [0.717, 1.165) is 72.3 Å². The average molecular weight is 676 g/mol. The molecule has 0 bridgehead atoms. The van der Waals surface area contributed by atoms with Crippen LogP contribution >= 0.6 is 0 Å². The fourth-order valence-electron chi connectivity index (χ4n) is 7.72. The molecule has 0 radical (unpaired) electrons. The van der Waals surface area contributed by atoms with Crippen LogP contribution in [0.5, 0.6) is 0 Å². The minimum absolute atomic E-state index is 0.832. The van der Waals surface area contributed by atoms with Gasteiger partial charge in [0.15, 0.2) is 0 Å². The highest BCUT2D eigenvalue weighted by Crippen LogP contribution is 2.43. The van der Waals surface area contributed by atoms with Crippen molar-refractivity contribution >= 4 is 60.5 Å². The molecule has 248 valence electrons. The number of hydrogen-bond acceptors (Lipinski definition) is 2. The second-order valence-corrected chi connectivity index (χ2v) is 13.7. The Labute approximate surface area is 308 Å². The van der Waals surface area contributed by atoms with E-state index in [4.69, 9.17) is 9.41 Å². The zero-order valence-electron chi connectivity index (χ0n) is 29.2. The number of fused-ring (bicyclic) bond motifs is 6. The van der Waals surface area contributed by atoms with Gasteiger partial charge in [0.05, 0.1) is 11.4 Å². The molecule has 1 aliphatic heterocycles. The molecule has 0 saturated heterocycles. The third-order valence-corrected chi connectivity index (χ3v) is 10.4. The van der Waals surface area contributed by atoms with Crippen molar-refractivity contribution in [1.29, 1.82) is 0 Å². The Morgan fingerprint density at radius 3 is 1.89 bits per heavy atom. The molecular weight excluding hydrogens is 643 g/mol. The summed E-state index contributed by atoms with van der Waals surface area (Å²) in [5.41, 5.74) is 16.9. The fourth-order valence-corrected chi connectivity index (χ4v) is 7.72. The smallest absolute Gasteiger partial charge is 0.136 e. The van der Waals surface area contributed by atoms with E-state index in [-0.39, 0.29) is 0 Å². The van der Waals surface area contributed by atoms with Crippen LogP contribution in [0.2, 0.25) is 0 Å². The molecule has 9 aromatic rings. The number of nitrogens with zero attached hydrogens (tertiary/aromatic N) is 1. The van der Waals surface area contributed by atoms with Gasteiger partial charge in [-0.3, -0.25) is 0 Å². The molecule has 1 aliphatic rings. The van der Waals surface area contributed by atoms with Gasteiger partial charge in [-0.25, -0.2) is 4.99 Å². The predicted octanol–water partition coefficient (Wildman–Crippen LogP) is 13.7. The molecule has 2 heterocycles. The van der Waals surface area contributed by atoms with Crippen molar-refractivity contribution in [2.24, 2.45) is 4.99 Å². The van der Waals surface area contributed by atoms with Gasteiger partial charge < -0.3 is 4.42 Å². The first-order valence-electron chi connectivity index (χ1n) is 18.0. The average Bonchev–Trinajstić information content (AvgIpc) is 3.52. The maximum absolute atomic E-state index is 6.76. The highest BCUT2D eigenvalue weighted by atomic mass is 16.3. The van der Waals surface area contributed by atoms with E-state index in [0.29, 0.717) is 0 Å². The second-order valence-electron chi connectivity index (χ2n) is 13.7. The number of benzene rings is 8. The topological polar surface area (TPSA) is 25.5 Å². The summed E-state index contributed by atoms with van der Waals surface area (Å²) >= 11 is 0. The highest BCUT2D eigenvalue weighted by molar-refractivity contribution is 6.23. The summed E-state index contributed by atoms with van der Waals surface area (Å²) in [4.78, 5) is 5.41. The summed E-state index contributed by atoms with van der Waals surface area (Å²) in [7, 11) is 0. The van der Waals surface area contributed by atoms with Crippen molar-refractivity contribution < 1.29 is 4.42 Å². The standard InChI is InChI=1S/C51H33NO/c1-33-28-42(34-12-4-2-5-13-34)31-46(52-51(33)39-16-6-3-7-17-39)43-30-45(50-48(32-43)53-47-27-26-37-15-10-11-19-44(37)49(47)50)38-23-20-36(21-24-38)41-25-22-35-14-8-9-18-40(35)29-41/h2-27,29-32H,1H3. The van der Waals surface area contributed by atoms with Crippen LogP contribution in [0.1, 0.15) is 23.6 Å². The van der Waals surface area contributed by atoms with Gasteiger partial charge >= 0.3 is 0 Å². The molecule has 0 saturated carbocycles. The van der Waals surface area contributed by atoms with Crippen molar-refractivity contribution in [2.45, 2.75) is 6.92 Å². The Morgan fingerprint density at radius 1 is 0.453 bits per heavy atom. The molecule has 10 rings (SSSR count). The van der Waals surface area contributed by atoms with Crippen LogP contribution in [0.15, 0.2) is 203 Å². The normalized spacial score (nSPS) is 13.2. The van der Waals surface area contributed by atoms with Crippen LogP contribution in [0.25, 0.3) is 77.0 Å². The summed E-state index contributed by atoms with van der Waals surface area (Å²) in [5.74, 6) is 0. The molecule has 1 aromatic heterocycles. The van der Waals surface area contributed by atoms with Crippen LogP contribution in [-0.2, 0) is 0 Å². The molecule has 2 heteroatoms.